The molecule has 0 aliphatic heterocycles. The lowest BCUT2D eigenvalue weighted by Gasteiger charge is -2.36. The molecule has 2 aliphatic rings. The Morgan fingerprint density at radius 2 is 0.946 bits per heavy atom. The van der Waals surface area contributed by atoms with Gasteiger partial charge < -0.3 is 16.0 Å². The average molecular weight is 512 g/mol. The normalized spacial score (nSPS) is 24.7. The molecule has 206 valence electrons. The van der Waals surface area contributed by atoms with E-state index in [0.717, 1.165) is 51.4 Å². The fraction of sp³-hybridized carbons (Fsp3) is 0.710. The van der Waals surface area contributed by atoms with E-state index in [2.05, 4.69) is 57.5 Å². The van der Waals surface area contributed by atoms with E-state index in [9.17, 15) is 14.4 Å². The van der Waals surface area contributed by atoms with Crippen LogP contribution in [0.3, 0.4) is 0 Å². The Morgan fingerprint density at radius 1 is 0.622 bits per heavy atom. The zero-order valence-electron chi connectivity index (χ0n) is 24.1. The molecule has 37 heavy (non-hydrogen) atoms. The number of amides is 3. The molecule has 2 aliphatic carbocycles. The molecule has 2 fully saturated rings. The zero-order chi connectivity index (χ0) is 27.4. The molecule has 3 rings (SSSR count). The summed E-state index contributed by atoms with van der Waals surface area (Å²) in [7, 11) is 0. The number of anilines is 3. The van der Waals surface area contributed by atoms with Gasteiger partial charge in [-0.25, -0.2) is 0 Å². The zero-order valence-corrected chi connectivity index (χ0v) is 24.1. The van der Waals surface area contributed by atoms with Crippen LogP contribution >= 0.6 is 0 Å². The third-order valence-corrected chi connectivity index (χ3v) is 8.72. The van der Waals surface area contributed by atoms with E-state index < -0.39 is 0 Å². The summed E-state index contributed by atoms with van der Waals surface area (Å²) in [6, 6.07) is 5.35. The smallest absolute Gasteiger partial charge is 0.227 e. The maximum absolute atomic E-state index is 13.1. The Hall–Kier alpha value is -2.37. The van der Waals surface area contributed by atoms with Crippen molar-refractivity contribution in [3.63, 3.8) is 0 Å². The first-order chi connectivity index (χ1) is 17.3. The van der Waals surface area contributed by atoms with Gasteiger partial charge in [0.25, 0.3) is 0 Å². The van der Waals surface area contributed by atoms with E-state index >= 15 is 0 Å². The monoisotopic (exact) mass is 511 g/mol. The lowest BCUT2D eigenvalue weighted by atomic mass is 9.69. The Balaban J connectivity index is 1.67. The Bertz CT molecular complexity index is 891. The topological polar surface area (TPSA) is 87.3 Å². The van der Waals surface area contributed by atoms with E-state index in [1.807, 2.05) is 0 Å². The first-order valence-corrected chi connectivity index (χ1v) is 14.3. The van der Waals surface area contributed by atoms with Gasteiger partial charge >= 0.3 is 0 Å². The van der Waals surface area contributed by atoms with Crippen molar-refractivity contribution in [2.24, 2.45) is 34.5 Å². The van der Waals surface area contributed by atoms with E-state index in [1.165, 1.54) is 0 Å². The molecule has 1 aromatic carbocycles. The minimum Gasteiger partial charge on any atom is -0.326 e. The maximum Gasteiger partial charge on any atom is 0.227 e. The van der Waals surface area contributed by atoms with Crippen LogP contribution in [0.5, 0.6) is 0 Å². The van der Waals surface area contributed by atoms with Gasteiger partial charge in [0.15, 0.2) is 0 Å². The summed E-state index contributed by atoms with van der Waals surface area (Å²) in [5.74, 6) is 1.19. The van der Waals surface area contributed by atoms with Crippen molar-refractivity contribution in [2.75, 3.05) is 16.0 Å². The Morgan fingerprint density at radius 3 is 1.24 bits per heavy atom. The van der Waals surface area contributed by atoms with Crippen LogP contribution in [-0.4, -0.2) is 17.7 Å². The standard InChI is InChI=1S/C31H49N3O3/c1-8-27(35)32-24-17-25(33-28(36)20-9-13-22(14-10-20)30(2,3)4)19-26(18-24)34-29(37)21-11-15-23(16-12-21)31(5,6)7/h17-23H,8-16H2,1-7H3,(H,32,35)(H,33,36)(H,34,37). The highest BCUT2D eigenvalue weighted by Crippen LogP contribution is 2.41. The van der Waals surface area contributed by atoms with Gasteiger partial charge in [-0.2, -0.15) is 0 Å². The molecule has 0 heterocycles. The summed E-state index contributed by atoms with van der Waals surface area (Å²) in [5, 5.41) is 9.02. The summed E-state index contributed by atoms with van der Waals surface area (Å²) < 4.78 is 0. The van der Waals surface area contributed by atoms with E-state index in [0.29, 0.717) is 35.3 Å². The fourth-order valence-electron chi connectivity index (χ4n) is 6.03. The highest BCUT2D eigenvalue weighted by atomic mass is 16.2. The molecule has 0 bridgehead atoms. The van der Waals surface area contributed by atoms with Crippen LogP contribution in [0.4, 0.5) is 17.1 Å². The number of nitrogens with one attached hydrogen (secondary N) is 3. The van der Waals surface area contributed by atoms with Gasteiger partial charge in [-0.3, -0.25) is 14.4 Å². The van der Waals surface area contributed by atoms with Gasteiger partial charge in [0.05, 0.1) is 0 Å². The number of carbonyl (C=O) groups excluding carboxylic acids is 3. The van der Waals surface area contributed by atoms with Crippen molar-refractivity contribution in [2.45, 2.75) is 106 Å². The van der Waals surface area contributed by atoms with Crippen molar-refractivity contribution in [1.82, 2.24) is 0 Å². The minimum absolute atomic E-state index is 0.0106. The van der Waals surface area contributed by atoms with E-state index in [1.54, 1.807) is 25.1 Å². The van der Waals surface area contributed by atoms with Crippen molar-refractivity contribution in [3.8, 4) is 0 Å². The molecule has 3 N–H and O–H groups in total. The summed E-state index contributed by atoms with van der Waals surface area (Å²) in [6.45, 7) is 15.5. The second-order valence-corrected chi connectivity index (χ2v) is 13.5. The first-order valence-electron chi connectivity index (χ1n) is 14.3. The van der Waals surface area contributed by atoms with Crippen LogP contribution in [0, 0.1) is 34.5 Å². The third-order valence-electron chi connectivity index (χ3n) is 8.72. The quantitative estimate of drug-likeness (QED) is 0.367. The first kappa shape index (κ1) is 29.2. The van der Waals surface area contributed by atoms with Gasteiger partial charge in [-0.05, 0) is 92.2 Å². The summed E-state index contributed by atoms with van der Waals surface area (Å²) >= 11 is 0. The van der Waals surface area contributed by atoms with Crippen LogP contribution in [0.25, 0.3) is 0 Å². The molecule has 0 aromatic heterocycles. The molecule has 6 heteroatoms. The van der Waals surface area contributed by atoms with Gasteiger partial charge in [-0.1, -0.05) is 48.5 Å². The minimum atomic E-state index is -0.109. The SMILES string of the molecule is CCC(=O)Nc1cc(NC(=O)C2CCC(C(C)(C)C)CC2)cc(NC(=O)C2CCC(C(C)(C)C)CC2)c1. The lowest BCUT2D eigenvalue weighted by molar-refractivity contribution is -0.122. The number of hydrogen-bond donors (Lipinski definition) is 3. The predicted octanol–water partition coefficient (Wildman–Crippen LogP) is 7.62. The second-order valence-electron chi connectivity index (χ2n) is 13.5. The van der Waals surface area contributed by atoms with Gasteiger partial charge in [0.2, 0.25) is 17.7 Å². The van der Waals surface area contributed by atoms with E-state index in [4.69, 9.17) is 0 Å². The highest BCUT2D eigenvalue weighted by Gasteiger charge is 2.33. The molecule has 0 atom stereocenters. The molecule has 0 radical (unpaired) electrons. The van der Waals surface area contributed by atoms with Crippen molar-refractivity contribution < 1.29 is 14.4 Å². The van der Waals surface area contributed by atoms with Crippen molar-refractivity contribution in [1.29, 1.82) is 0 Å². The molecular formula is C31H49N3O3. The third kappa shape index (κ3) is 8.31. The second kappa shape index (κ2) is 12.0. The predicted molar refractivity (Wildman–Crippen MR) is 152 cm³/mol. The molecule has 3 amide bonds. The molecule has 0 spiro atoms. The van der Waals surface area contributed by atoms with Crippen LogP contribution in [0.2, 0.25) is 0 Å². The van der Waals surface area contributed by atoms with Crippen LogP contribution in [0.1, 0.15) is 106 Å². The summed E-state index contributed by atoms with van der Waals surface area (Å²) in [6.07, 6.45) is 8.16. The van der Waals surface area contributed by atoms with E-state index in [-0.39, 0.29) is 40.4 Å². The number of rotatable bonds is 6. The van der Waals surface area contributed by atoms with Gasteiger partial charge in [0, 0.05) is 35.3 Å². The fourth-order valence-corrected chi connectivity index (χ4v) is 6.03. The molecule has 2 saturated carbocycles. The van der Waals surface area contributed by atoms with Gasteiger partial charge in [0.1, 0.15) is 0 Å². The highest BCUT2D eigenvalue weighted by molar-refractivity contribution is 5.98. The Kier molecular flexibility index (Phi) is 9.47. The maximum atomic E-state index is 13.1. The number of benzene rings is 1. The molecule has 0 unspecified atom stereocenters. The number of carbonyl (C=O) groups is 3. The number of hydrogen-bond acceptors (Lipinski definition) is 3. The molecule has 0 saturated heterocycles. The van der Waals surface area contributed by atoms with Crippen molar-refractivity contribution in [3.05, 3.63) is 18.2 Å². The van der Waals surface area contributed by atoms with Crippen LogP contribution in [-0.2, 0) is 14.4 Å². The van der Waals surface area contributed by atoms with Gasteiger partial charge in [-0.15, -0.1) is 0 Å². The molecule has 6 nitrogen and oxygen atoms in total. The molecular weight excluding hydrogens is 462 g/mol. The average Bonchev–Trinajstić information content (AvgIpc) is 2.82. The van der Waals surface area contributed by atoms with Crippen molar-refractivity contribution >= 4 is 34.8 Å². The molecule has 1 aromatic rings. The Labute approximate surface area is 224 Å². The van der Waals surface area contributed by atoms with Crippen LogP contribution < -0.4 is 16.0 Å². The largest absolute Gasteiger partial charge is 0.326 e. The summed E-state index contributed by atoms with van der Waals surface area (Å²) in [4.78, 5) is 38.3. The van der Waals surface area contributed by atoms with Crippen LogP contribution in [0.15, 0.2) is 18.2 Å². The summed E-state index contributed by atoms with van der Waals surface area (Å²) in [5.41, 5.74) is 2.32. The lowest BCUT2D eigenvalue weighted by Crippen LogP contribution is -2.32.